The zero-order chi connectivity index (χ0) is 15.5. The van der Waals surface area contributed by atoms with E-state index in [1.807, 2.05) is 22.8 Å². The maximum absolute atomic E-state index is 13.8. The minimum absolute atomic E-state index is 0.125. The second-order valence-corrected chi connectivity index (χ2v) is 6.30. The molecule has 2 aromatic rings. The molecule has 0 spiro atoms. The zero-order valence-corrected chi connectivity index (χ0v) is 13.3. The largest absolute Gasteiger partial charge is 0.366 e. The van der Waals surface area contributed by atoms with E-state index in [4.69, 9.17) is 0 Å². The molecule has 1 aliphatic heterocycles. The van der Waals surface area contributed by atoms with Crippen LogP contribution < -0.4 is 4.90 Å². The summed E-state index contributed by atoms with van der Waals surface area (Å²) < 4.78 is 13.8. The highest BCUT2D eigenvalue weighted by molar-refractivity contribution is 7.09. The monoisotopic (exact) mass is 319 g/mol. The number of aryl methyl sites for hydroxylation is 1. The Morgan fingerprint density at radius 1 is 1.27 bits per heavy atom. The SMILES string of the molecule is Cc1ncsc1CC(=O)N1CCN(c2ccccc2F)CC1. The Balaban J connectivity index is 1.59. The molecule has 2 heterocycles. The summed E-state index contributed by atoms with van der Waals surface area (Å²) in [6.45, 7) is 4.51. The number of hydrogen-bond donors (Lipinski definition) is 0. The molecule has 0 unspecified atom stereocenters. The van der Waals surface area contributed by atoms with Crippen molar-refractivity contribution >= 4 is 22.9 Å². The number of thiazole rings is 1. The third kappa shape index (κ3) is 3.11. The Labute approximate surface area is 133 Å². The van der Waals surface area contributed by atoms with Crippen molar-refractivity contribution in [3.63, 3.8) is 0 Å². The molecule has 1 fully saturated rings. The molecular formula is C16H18FN3OS. The molecular weight excluding hydrogens is 301 g/mol. The lowest BCUT2D eigenvalue weighted by Crippen LogP contribution is -2.49. The molecule has 22 heavy (non-hydrogen) atoms. The van der Waals surface area contributed by atoms with Gasteiger partial charge in [0.2, 0.25) is 5.91 Å². The molecule has 1 amide bonds. The minimum atomic E-state index is -0.206. The molecule has 1 aromatic heterocycles. The molecule has 0 atom stereocenters. The van der Waals surface area contributed by atoms with Crippen molar-refractivity contribution in [2.24, 2.45) is 0 Å². The van der Waals surface area contributed by atoms with Crippen molar-refractivity contribution in [3.8, 4) is 0 Å². The molecule has 1 aromatic carbocycles. The Morgan fingerprint density at radius 2 is 2.00 bits per heavy atom. The number of amides is 1. The molecule has 6 heteroatoms. The van der Waals surface area contributed by atoms with Crippen LogP contribution in [0.1, 0.15) is 10.6 Å². The Morgan fingerprint density at radius 3 is 2.64 bits per heavy atom. The Bertz CT molecular complexity index is 665. The average Bonchev–Trinajstić information content (AvgIpc) is 2.93. The van der Waals surface area contributed by atoms with Crippen LogP contribution in [0.25, 0.3) is 0 Å². The summed E-state index contributed by atoms with van der Waals surface area (Å²) in [4.78, 5) is 21.4. The molecule has 3 rings (SSSR count). The third-order valence-corrected chi connectivity index (χ3v) is 4.92. The van der Waals surface area contributed by atoms with Crippen LogP contribution in [-0.4, -0.2) is 42.0 Å². The molecule has 0 radical (unpaired) electrons. The van der Waals surface area contributed by atoms with Crippen LogP contribution in [-0.2, 0) is 11.2 Å². The number of benzene rings is 1. The predicted molar refractivity (Wildman–Crippen MR) is 85.7 cm³/mol. The van der Waals surface area contributed by atoms with Gasteiger partial charge >= 0.3 is 0 Å². The van der Waals surface area contributed by atoms with Crippen LogP contribution in [0.3, 0.4) is 0 Å². The first-order chi connectivity index (χ1) is 10.6. The van der Waals surface area contributed by atoms with E-state index in [1.54, 1.807) is 17.6 Å². The molecule has 0 N–H and O–H groups in total. The standard InChI is InChI=1S/C16H18FN3OS/c1-12-15(22-11-18-12)10-16(21)20-8-6-19(7-9-20)14-5-3-2-4-13(14)17/h2-5,11H,6-10H2,1H3. The summed E-state index contributed by atoms with van der Waals surface area (Å²) in [5.41, 5.74) is 3.32. The molecule has 0 saturated carbocycles. The number of para-hydroxylation sites is 1. The molecule has 1 aliphatic rings. The van der Waals surface area contributed by atoms with Crippen LogP contribution >= 0.6 is 11.3 Å². The lowest BCUT2D eigenvalue weighted by atomic mass is 10.2. The van der Waals surface area contributed by atoms with Gasteiger partial charge in [0.25, 0.3) is 0 Å². The number of hydrogen-bond acceptors (Lipinski definition) is 4. The van der Waals surface area contributed by atoms with Crippen molar-refractivity contribution in [2.45, 2.75) is 13.3 Å². The van der Waals surface area contributed by atoms with Gasteiger partial charge < -0.3 is 9.80 Å². The van der Waals surface area contributed by atoms with E-state index < -0.39 is 0 Å². The number of anilines is 1. The van der Waals surface area contributed by atoms with Gasteiger partial charge in [0.1, 0.15) is 5.82 Å². The fraction of sp³-hybridized carbons (Fsp3) is 0.375. The minimum Gasteiger partial charge on any atom is -0.366 e. The van der Waals surface area contributed by atoms with Gasteiger partial charge in [-0.2, -0.15) is 0 Å². The summed E-state index contributed by atoms with van der Waals surface area (Å²) >= 11 is 1.52. The van der Waals surface area contributed by atoms with Crippen LogP contribution in [0, 0.1) is 12.7 Å². The molecule has 116 valence electrons. The lowest BCUT2D eigenvalue weighted by molar-refractivity contribution is -0.130. The Kier molecular flexibility index (Phi) is 4.38. The van der Waals surface area contributed by atoms with Crippen molar-refractivity contribution in [1.29, 1.82) is 0 Å². The summed E-state index contributed by atoms with van der Waals surface area (Å²) in [6, 6.07) is 6.78. The number of nitrogens with zero attached hydrogens (tertiary/aromatic N) is 3. The number of rotatable bonds is 3. The van der Waals surface area contributed by atoms with Gasteiger partial charge in [-0.15, -0.1) is 11.3 Å². The van der Waals surface area contributed by atoms with Crippen LogP contribution in [0.15, 0.2) is 29.8 Å². The van der Waals surface area contributed by atoms with Gasteiger partial charge in [-0.3, -0.25) is 4.79 Å². The maximum Gasteiger partial charge on any atom is 0.228 e. The first-order valence-corrected chi connectivity index (χ1v) is 8.19. The smallest absolute Gasteiger partial charge is 0.228 e. The topological polar surface area (TPSA) is 36.4 Å². The maximum atomic E-state index is 13.8. The summed E-state index contributed by atoms with van der Waals surface area (Å²) in [6.07, 6.45) is 0.413. The normalized spacial score (nSPS) is 15.2. The summed E-state index contributed by atoms with van der Waals surface area (Å²) in [7, 11) is 0. The fourth-order valence-electron chi connectivity index (χ4n) is 2.65. The number of carbonyl (C=O) groups excluding carboxylic acids is 1. The van der Waals surface area contributed by atoms with Gasteiger partial charge in [0.05, 0.1) is 23.3 Å². The fourth-order valence-corrected chi connectivity index (χ4v) is 3.42. The van der Waals surface area contributed by atoms with Gasteiger partial charge in [-0.1, -0.05) is 12.1 Å². The highest BCUT2D eigenvalue weighted by Gasteiger charge is 2.23. The number of carbonyl (C=O) groups is 1. The van der Waals surface area contributed by atoms with Gasteiger partial charge in [0, 0.05) is 31.1 Å². The Hall–Kier alpha value is -1.95. The number of halogens is 1. The first-order valence-electron chi connectivity index (χ1n) is 7.31. The van der Waals surface area contributed by atoms with E-state index in [0.29, 0.717) is 38.3 Å². The lowest BCUT2D eigenvalue weighted by Gasteiger charge is -2.36. The summed E-state index contributed by atoms with van der Waals surface area (Å²) in [5, 5.41) is 0. The molecule has 0 bridgehead atoms. The van der Waals surface area contributed by atoms with E-state index >= 15 is 0 Å². The van der Waals surface area contributed by atoms with Crippen molar-refractivity contribution in [1.82, 2.24) is 9.88 Å². The van der Waals surface area contributed by atoms with Crippen LogP contribution in [0.2, 0.25) is 0 Å². The third-order valence-electron chi connectivity index (χ3n) is 3.98. The van der Waals surface area contributed by atoms with E-state index in [9.17, 15) is 9.18 Å². The molecule has 0 aliphatic carbocycles. The van der Waals surface area contributed by atoms with Crippen LogP contribution in [0.5, 0.6) is 0 Å². The van der Waals surface area contributed by atoms with Gasteiger partial charge in [0.15, 0.2) is 0 Å². The quantitative estimate of drug-likeness (QED) is 0.872. The molecule has 4 nitrogen and oxygen atoms in total. The predicted octanol–water partition coefficient (Wildman–Crippen LogP) is 2.48. The van der Waals surface area contributed by atoms with Gasteiger partial charge in [-0.05, 0) is 19.1 Å². The van der Waals surface area contributed by atoms with E-state index in [2.05, 4.69) is 4.98 Å². The first kappa shape index (κ1) is 15.0. The summed E-state index contributed by atoms with van der Waals surface area (Å²) in [5.74, 6) is -0.0805. The second kappa shape index (κ2) is 6.44. The number of piperazine rings is 1. The van der Waals surface area contributed by atoms with E-state index in [1.165, 1.54) is 17.4 Å². The van der Waals surface area contributed by atoms with Gasteiger partial charge in [-0.25, -0.2) is 9.37 Å². The van der Waals surface area contributed by atoms with Crippen molar-refractivity contribution in [3.05, 3.63) is 46.2 Å². The van der Waals surface area contributed by atoms with Crippen molar-refractivity contribution in [2.75, 3.05) is 31.1 Å². The molecule has 1 saturated heterocycles. The highest BCUT2D eigenvalue weighted by Crippen LogP contribution is 2.21. The second-order valence-electron chi connectivity index (χ2n) is 5.36. The van der Waals surface area contributed by atoms with E-state index in [-0.39, 0.29) is 11.7 Å². The van der Waals surface area contributed by atoms with Crippen LogP contribution in [0.4, 0.5) is 10.1 Å². The average molecular weight is 319 g/mol. The van der Waals surface area contributed by atoms with E-state index in [0.717, 1.165) is 10.6 Å². The highest BCUT2D eigenvalue weighted by atomic mass is 32.1. The zero-order valence-electron chi connectivity index (χ0n) is 12.5. The number of aromatic nitrogens is 1. The van der Waals surface area contributed by atoms with Crippen molar-refractivity contribution < 1.29 is 9.18 Å².